The number of ether oxygens (including phenoxy) is 1. The number of aromatic nitrogens is 1. The highest BCUT2D eigenvalue weighted by atomic mass is 35.5. The molecule has 0 radical (unpaired) electrons. The lowest BCUT2D eigenvalue weighted by atomic mass is 10.1. The smallest absolute Gasteiger partial charge is 0.128 e. The van der Waals surface area contributed by atoms with Crippen molar-refractivity contribution in [3.05, 3.63) is 23.9 Å². The minimum Gasteiger partial charge on any atom is -0.383 e. The minimum absolute atomic E-state index is 0. The molecular formula is C16H29ClN4O. The zero-order valence-corrected chi connectivity index (χ0v) is 14.9. The van der Waals surface area contributed by atoms with E-state index in [9.17, 15) is 0 Å². The second-order valence-electron chi connectivity index (χ2n) is 6.03. The van der Waals surface area contributed by atoms with Crippen LogP contribution < -0.4 is 10.2 Å². The van der Waals surface area contributed by atoms with Gasteiger partial charge in [0.25, 0.3) is 0 Å². The van der Waals surface area contributed by atoms with Crippen LogP contribution >= 0.6 is 12.4 Å². The van der Waals surface area contributed by atoms with Crippen LogP contribution in [0.25, 0.3) is 0 Å². The third-order valence-electron chi connectivity index (χ3n) is 4.11. The van der Waals surface area contributed by atoms with Gasteiger partial charge in [-0.1, -0.05) is 6.07 Å². The van der Waals surface area contributed by atoms with E-state index < -0.39 is 0 Å². The fourth-order valence-corrected chi connectivity index (χ4v) is 2.63. The van der Waals surface area contributed by atoms with Crippen molar-refractivity contribution in [3.8, 4) is 0 Å². The second kappa shape index (κ2) is 9.30. The predicted octanol–water partition coefficient (Wildman–Crippen LogP) is 1.77. The molecular weight excluding hydrogens is 300 g/mol. The normalized spacial score (nSPS) is 22.2. The molecule has 0 amide bonds. The van der Waals surface area contributed by atoms with Gasteiger partial charge in [-0.15, -0.1) is 12.4 Å². The van der Waals surface area contributed by atoms with E-state index >= 15 is 0 Å². The number of rotatable bonds is 6. The summed E-state index contributed by atoms with van der Waals surface area (Å²) in [6, 6.07) is 5.42. The largest absolute Gasteiger partial charge is 0.383 e. The molecule has 2 heterocycles. The Morgan fingerprint density at radius 2 is 2.18 bits per heavy atom. The lowest BCUT2D eigenvalue weighted by molar-refractivity contribution is 0.138. The highest BCUT2D eigenvalue weighted by molar-refractivity contribution is 5.85. The summed E-state index contributed by atoms with van der Waals surface area (Å²) in [5, 5.41) is 3.52. The van der Waals surface area contributed by atoms with Gasteiger partial charge in [0, 0.05) is 58.6 Å². The number of nitrogens with zero attached hydrogens (tertiary/aromatic N) is 3. The van der Waals surface area contributed by atoms with E-state index in [0.29, 0.717) is 12.1 Å². The molecule has 1 fully saturated rings. The Bertz CT molecular complexity index is 429. The number of pyridine rings is 1. The summed E-state index contributed by atoms with van der Waals surface area (Å²) in [5.41, 5.74) is 1.28. The molecule has 0 spiro atoms. The van der Waals surface area contributed by atoms with E-state index in [1.165, 1.54) is 5.56 Å². The summed E-state index contributed by atoms with van der Waals surface area (Å²) in [6.45, 7) is 9.22. The zero-order chi connectivity index (χ0) is 15.2. The third-order valence-corrected chi connectivity index (χ3v) is 4.11. The summed E-state index contributed by atoms with van der Waals surface area (Å²) in [7, 11) is 3.76. The van der Waals surface area contributed by atoms with Crippen LogP contribution in [0.15, 0.2) is 18.3 Å². The molecule has 1 aromatic rings. The van der Waals surface area contributed by atoms with Crippen LogP contribution in [0.4, 0.5) is 5.82 Å². The van der Waals surface area contributed by atoms with Crippen LogP contribution in [0.3, 0.4) is 0 Å². The van der Waals surface area contributed by atoms with Crippen molar-refractivity contribution in [1.29, 1.82) is 0 Å². The Morgan fingerprint density at radius 1 is 1.41 bits per heavy atom. The van der Waals surface area contributed by atoms with E-state index in [1.54, 1.807) is 7.11 Å². The Kier molecular flexibility index (Phi) is 8.10. The Morgan fingerprint density at radius 3 is 2.82 bits per heavy atom. The number of halogens is 1. The quantitative estimate of drug-likeness (QED) is 0.862. The predicted molar refractivity (Wildman–Crippen MR) is 94.0 cm³/mol. The summed E-state index contributed by atoms with van der Waals surface area (Å²) in [6.07, 6.45) is 2.00. The number of hydrogen-bond donors (Lipinski definition) is 1. The van der Waals surface area contributed by atoms with Crippen LogP contribution in [0.1, 0.15) is 19.4 Å². The van der Waals surface area contributed by atoms with Gasteiger partial charge in [-0.25, -0.2) is 4.98 Å². The van der Waals surface area contributed by atoms with Crippen molar-refractivity contribution in [2.24, 2.45) is 0 Å². The summed E-state index contributed by atoms with van der Waals surface area (Å²) < 4.78 is 5.10. The highest BCUT2D eigenvalue weighted by Crippen LogP contribution is 2.14. The van der Waals surface area contributed by atoms with Crippen molar-refractivity contribution in [2.45, 2.75) is 32.5 Å². The first-order chi connectivity index (χ1) is 10.1. The molecule has 1 saturated heterocycles. The fourth-order valence-electron chi connectivity index (χ4n) is 2.63. The van der Waals surface area contributed by atoms with Crippen LogP contribution in [-0.2, 0) is 11.3 Å². The van der Waals surface area contributed by atoms with E-state index in [2.05, 4.69) is 46.1 Å². The van der Waals surface area contributed by atoms with Gasteiger partial charge in [0.15, 0.2) is 0 Å². The van der Waals surface area contributed by atoms with Crippen LogP contribution in [0.5, 0.6) is 0 Å². The molecule has 2 rings (SSSR count). The molecule has 126 valence electrons. The lowest BCUT2D eigenvalue weighted by Crippen LogP contribution is -2.53. The maximum Gasteiger partial charge on any atom is 0.128 e. The third kappa shape index (κ3) is 5.39. The molecule has 0 aromatic carbocycles. The Hall–Kier alpha value is -0.880. The van der Waals surface area contributed by atoms with E-state index in [-0.39, 0.29) is 12.4 Å². The van der Waals surface area contributed by atoms with Crippen molar-refractivity contribution < 1.29 is 4.74 Å². The highest BCUT2D eigenvalue weighted by Gasteiger charge is 2.22. The average Bonchev–Trinajstić information content (AvgIpc) is 2.49. The van der Waals surface area contributed by atoms with Crippen molar-refractivity contribution in [3.63, 3.8) is 0 Å². The SMILES string of the molecule is COCCN(C)c1ccc(CN2CC(C)NCC2C)cn1.Cl. The van der Waals surface area contributed by atoms with Gasteiger partial charge in [0.2, 0.25) is 0 Å². The molecule has 6 heteroatoms. The molecule has 2 unspecified atom stereocenters. The summed E-state index contributed by atoms with van der Waals surface area (Å²) in [4.78, 5) is 9.20. The molecule has 1 aliphatic rings. The second-order valence-corrected chi connectivity index (χ2v) is 6.03. The van der Waals surface area contributed by atoms with Gasteiger partial charge in [-0.05, 0) is 25.5 Å². The van der Waals surface area contributed by atoms with E-state index in [1.807, 2.05) is 13.2 Å². The zero-order valence-electron chi connectivity index (χ0n) is 14.1. The van der Waals surface area contributed by atoms with Gasteiger partial charge in [-0.3, -0.25) is 4.90 Å². The Labute approximate surface area is 140 Å². The molecule has 1 N–H and O–H groups in total. The number of likely N-dealkylation sites (N-methyl/N-ethyl adjacent to an activating group) is 1. The molecule has 5 nitrogen and oxygen atoms in total. The lowest BCUT2D eigenvalue weighted by Gasteiger charge is -2.37. The summed E-state index contributed by atoms with van der Waals surface area (Å²) in [5.74, 6) is 0.998. The maximum absolute atomic E-state index is 5.10. The van der Waals surface area contributed by atoms with Crippen LogP contribution in [0, 0.1) is 0 Å². The fraction of sp³-hybridized carbons (Fsp3) is 0.688. The first kappa shape index (κ1) is 19.2. The molecule has 0 aliphatic carbocycles. The molecule has 0 bridgehead atoms. The van der Waals surface area contributed by atoms with Crippen molar-refractivity contribution >= 4 is 18.2 Å². The van der Waals surface area contributed by atoms with Gasteiger partial charge >= 0.3 is 0 Å². The van der Waals surface area contributed by atoms with Crippen molar-refractivity contribution in [1.82, 2.24) is 15.2 Å². The van der Waals surface area contributed by atoms with Crippen LogP contribution in [0.2, 0.25) is 0 Å². The van der Waals surface area contributed by atoms with Gasteiger partial charge in [0.05, 0.1) is 6.61 Å². The van der Waals surface area contributed by atoms with Crippen molar-refractivity contribution in [2.75, 3.05) is 45.3 Å². The number of hydrogen-bond acceptors (Lipinski definition) is 5. The maximum atomic E-state index is 5.10. The number of piperazine rings is 1. The van der Waals surface area contributed by atoms with Gasteiger partial charge < -0.3 is 15.0 Å². The number of methoxy groups -OCH3 is 1. The molecule has 22 heavy (non-hydrogen) atoms. The summed E-state index contributed by atoms with van der Waals surface area (Å²) >= 11 is 0. The Balaban J connectivity index is 0.00000242. The van der Waals surface area contributed by atoms with E-state index in [0.717, 1.165) is 38.6 Å². The minimum atomic E-state index is 0. The first-order valence-corrected chi connectivity index (χ1v) is 7.72. The van der Waals surface area contributed by atoms with Crippen LogP contribution in [-0.4, -0.2) is 62.4 Å². The van der Waals surface area contributed by atoms with Gasteiger partial charge in [0.1, 0.15) is 5.82 Å². The first-order valence-electron chi connectivity index (χ1n) is 7.72. The standard InChI is InChI=1S/C16H28N4O.ClH/c1-13-11-20(14(2)9-17-13)12-15-5-6-16(18-10-15)19(3)7-8-21-4;/h5-6,10,13-14,17H,7-9,11-12H2,1-4H3;1H. The monoisotopic (exact) mass is 328 g/mol. The van der Waals surface area contributed by atoms with E-state index in [4.69, 9.17) is 4.74 Å². The average molecular weight is 329 g/mol. The van der Waals surface area contributed by atoms with Gasteiger partial charge in [-0.2, -0.15) is 0 Å². The number of anilines is 1. The molecule has 2 atom stereocenters. The molecule has 1 aromatic heterocycles. The molecule has 1 aliphatic heterocycles. The molecule has 0 saturated carbocycles. The number of nitrogens with one attached hydrogen (secondary N) is 1. The topological polar surface area (TPSA) is 40.6 Å².